The summed E-state index contributed by atoms with van der Waals surface area (Å²) in [5.74, 6) is -0.558. The van der Waals surface area contributed by atoms with E-state index in [-0.39, 0.29) is 30.4 Å². The predicted molar refractivity (Wildman–Crippen MR) is 143 cm³/mol. The molecule has 212 valence electrons. The average molecular weight is 516 g/mol. The summed E-state index contributed by atoms with van der Waals surface area (Å²) < 4.78 is 11.5. The number of carboxylic acid groups (broad SMARTS) is 1. The van der Waals surface area contributed by atoms with Crippen molar-refractivity contribution in [2.75, 3.05) is 32.8 Å². The van der Waals surface area contributed by atoms with Gasteiger partial charge in [0, 0.05) is 31.2 Å². The Balaban J connectivity index is 3.96. The zero-order chi connectivity index (χ0) is 27.9. The molecule has 3 unspecified atom stereocenters. The molecule has 2 amide bonds. The van der Waals surface area contributed by atoms with E-state index in [0.29, 0.717) is 51.1 Å². The predicted octanol–water partition coefficient (Wildman–Crippen LogP) is 3.36. The van der Waals surface area contributed by atoms with E-state index in [0.717, 1.165) is 13.0 Å². The SMILES string of the molecule is CC(CCNC(=O)CC(C)OCCCNC(C)C(C)C)OCCNC(=O)C(C)(C)CC(C)(C)C(=O)O. The lowest BCUT2D eigenvalue weighted by molar-refractivity contribution is -0.150. The van der Waals surface area contributed by atoms with E-state index in [2.05, 4.69) is 36.7 Å². The highest BCUT2D eigenvalue weighted by atomic mass is 16.5. The van der Waals surface area contributed by atoms with E-state index in [1.165, 1.54) is 0 Å². The summed E-state index contributed by atoms with van der Waals surface area (Å²) in [5, 5.41) is 18.5. The maximum atomic E-state index is 12.5. The molecule has 0 aliphatic carbocycles. The van der Waals surface area contributed by atoms with Crippen molar-refractivity contribution in [3.8, 4) is 0 Å². The fourth-order valence-corrected chi connectivity index (χ4v) is 3.74. The van der Waals surface area contributed by atoms with Crippen molar-refractivity contribution in [2.24, 2.45) is 16.7 Å². The van der Waals surface area contributed by atoms with Gasteiger partial charge in [0.1, 0.15) is 0 Å². The number of amides is 2. The summed E-state index contributed by atoms with van der Waals surface area (Å²) in [6, 6.07) is 0.480. The van der Waals surface area contributed by atoms with Gasteiger partial charge in [-0.2, -0.15) is 0 Å². The third-order valence-corrected chi connectivity index (χ3v) is 6.40. The largest absolute Gasteiger partial charge is 0.481 e. The van der Waals surface area contributed by atoms with Gasteiger partial charge in [-0.25, -0.2) is 0 Å². The Bertz CT molecular complexity index is 666. The number of rotatable bonds is 20. The fraction of sp³-hybridized carbons (Fsp3) is 0.889. The molecule has 0 aliphatic rings. The van der Waals surface area contributed by atoms with Gasteiger partial charge in [-0.3, -0.25) is 14.4 Å². The second-order valence-corrected chi connectivity index (χ2v) is 11.6. The lowest BCUT2D eigenvalue weighted by atomic mass is 9.74. The quantitative estimate of drug-likeness (QED) is 0.183. The zero-order valence-corrected chi connectivity index (χ0v) is 24.2. The summed E-state index contributed by atoms with van der Waals surface area (Å²) >= 11 is 0. The number of ether oxygens (including phenoxy) is 2. The number of hydrogen-bond donors (Lipinski definition) is 4. The van der Waals surface area contributed by atoms with Gasteiger partial charge in [0.15, 0.2) is 0 Å². The second kappa shape index (κ2) is 16.9. The normalized spacial score (nSPS) is 14.8. The lowest BCUT2D eigenvalue weighted by Gasteiger charge is -2.31. The molecule has 0 aromatic heterocycles. The third-order valence-electron chi connectivity index (χ3n) is 6.40. The maximum absolute atomic E-state index is 12.5. The molecule has 0 bridgehead atoms. The molecule has 0 aromatic carbocycles. The number of carbonyl (C=O) groups excluding carboxylic acids is 2. The van der Waals surface area contributed by atoms with Gasteiger partial charge >= 0.3 is 5.97 Å². The number of nitrogens with one attached hydrogen (secondary N) is 3. The standard InChI is InChI=1S/C27H53N3O6/c1-19(2)22(5)28-12-10-15-35-21(4)17-23(31)29-13-11-20(3)36-16-14-30-24(32)26(6,7)18-27(8,9)25(33)34/h19-22,28H,10-18H2,1-9H3,(H,29,31)(H,30,32)(H,33,34). The fourth-order valence-electron chi connectivity index (χ4n) is 3.74. The molecule has 4 N–H and O–H groups in total. The van der Waals surface area contributed by atoms with Crippen LogP contribution in [0, 0.1) is 16.7 Å². The molecule has 9 heteroatoms. The first-order chi connectivity index (χ1) is 16.6. The molecule has 0 spiro atoms. The van der Waals surface area contributed by atoms with Crippen LogP contribution >= 0.6 is 0 Å². The van der Waals surface area contributed by atoms with Crippen molar-refractivity contribution in [3.63, 3.8) is 0 Å². The van der Waals surface area contributed by atoms with Crippen molar-refractivity contribution >= 4 is 17.8 Å². The Hall–Kier alpha value is -1.71. The van der Waals surface area contributed by atoms with Gasteiger partial charge in [-0.1, -0.05) is 27.7 Å². The number of carbonyl (C=O) groups is 3. The highest BCUT2D eigenvalue weighted by molar-refractivity contribution is 5.83. The van der Waals surface area contributed by atoms with Crippen LogP contribution in [-0.2, 0) is 23.9 Å². The molecule has 0 saturated heterocycles. The molecule has 3 atom stereocenters. The molecule has 0 rings (SSSR count). The van der Waals surface area contributed by atoms with Crippen LogP contribution in [-0.4, -0.2) is 74.0 Å². The average Bonchev–Trinajstić information content (AvgIpc) is 2.75. The summed E-state index contributed by atoms with van der Waals surface area (Å²) in [7, 11) is 0. The van der Waals surface area contributed by atoms with Crippen LogP contribution < -0.4 is 16.0 Å². The first-order valence-electron chi connectivity index (χ1n) is 13.3. The molecule has 0 radical (unpaired) electrons. The Labute approximate surface area is 218 Å². The molecule has 0 aromatic rings. The van der Waals surface area contributed by atoms with Crippen LogP contribution in [0.15, 0.2) is 0 Å². The van der Waals surface area contributed by atoms with Crippen molar-refractivity contribution < 1.29 is 29.0 Å². The van der Waals surface area contributed by atoms with Crippen molar-refractivity contribution in [1.29, 1.82) is 0 Å². The Morgan fingerprint density at radius 2 is 1.42 bits per heavy atom. The molecule has 36 heavy (non-hydrogen) atoms. The summed E-state index contributed by atoms with van der Waals surface area (Å²) in [5.41, 5.74) is -1.79. The number of hydrogen-bond acceptors (Lipinski definition) is 6. The minimum atomic E-state index is -0.982. The smallest absolute Gasteiger partial charge is 0.309 e. The first kappa shape index (κ1) is 34.3. The molecule has 0 aliphatic heterocycles. The van der Waals surface area contributed by atoms with E-state index in [1.54, 1.807) is 27.7 Å². The number of carboxylic acids is 1. The van der Waals surface area contributed by atoms with E-state index in [9.17, 15) is 19.5 Å². The van der Waals surface area contributed by atoms with Gasteiger partial charge in [-0.15, -0.1) is 0 Å². The van der Waals surface area contributed by atoms with E-state index < -0.39 is 16.8 Å². The van der Waals surface area contributed by atoms with Crippen molar-refractivity contribution in [2.45, 2.75) is 106 Å². The summed E-state index contributed by atoms with van der Waals surface area (Å²) in [6.07, 6.45) is 1.93. The van der Waals surface area contributed by atoms with Crippen LogP contribution in [0.2, 0.25) is 0 Å². The van der Waals surface area contributed by atoms with E-state index in [1.807, 2.05) is 13.8 Å². The highest BCUT2D eigenvalue weighted by Crippen LogP contribution is 2.34. The monoisotopic (exact) mass is 515 g/mol. The van der Waals surface area contributed by atoms with Crippen LogP contribution in [0.4, 0.5) is 0 Å². The molecule has 0 saturated carbocycles. The van der Waals surface area contributed by atoms with Crippen LogP contribution in [0.3, 0.4) is 0 Å². The first-order valence-corrected chi connectivity index (χ1v) is 13.3. The topological polar surface area (TPSA) is 126 Å². The molecular formula is C27H53N3O6. The summed E-state index contributed by atoms with van der Waals surface area (Å²) in [6.45, 7) is 19.9. The van der Waals surface area contributed by atoms with Crippen molar-refractivity contribution in [1.82, 2.24) is 16.0 Å². The Morgan fingerprint density at radius 3 is 2.00 bits per heavy atom. The maximum Gasteiger partial charge on any atom is 0.309 e. The molecule has 0 heterocycles. The van der Waals surface area contributed by atoms with Crippen LogP contribution in [0.25, 0.3) is 0 Å². The van der Waals surface area contributed by atoms with Gasteiger partial charge in [0.05, 0.1) is 30.7 Å². The van der Waals surface area contributed by atoms with Gasteiger partial charge in [-0.05, 0) is 66.3 Å². The van der Waals surface area contributed by atoms with Crippen LogP contribution in [0.1, 0.15) is 88.0 Å². The minimum Gasteiger partial charge on any atom is -0.481 e. The van der Waals surface area contributed by atoms with E-state index >= 15 is 0 Å². The van der Waals surface area contributed by atoms with Crippen molar-refractivity contribution in [3.05, 3.63) is 0 Å². The van der Waals surface area contributed by atoms with Crippen LogP contribution in [0.5, 0.6) is 0 Å². The second-order valence-electron chi connectivity index (χ2n) is 11.6. The van der Waals surface area contributed by atoms with E-state index in [4.69, 9.17) is 9.47 Å². The van der Waals surface area contributed by atoms with Gasteiger partial charge < -0.3 is 30.5 Å². The molecular weight excluding hydrogens is 462 g/mol. The zero-order valence-electron chi connectivity index (χ0n) is 24.2. The molecule has 9 nitrogen and oxygen atoms in total. The minimum absolute atomic E-state index is 0.0416. The Morgan fingerprint density at radius 1 is 0.806 bits per heavy atom. The molecule has 0 fully saturated rings. The van der Waals surface area contributed by atoms with Gasteiger partial charge in [0.2, 0.25) is 11.8 Å². The Kier molecular flexibility index (Phi) is 16.1. The van der Waals surface area contributed by atoms with Gasteiger partial charge in [0.25, 0.3) is 0 Å². The highest BCUT2D eigenvalue weighted by Gasteiger charge is 2.38. The lowest BCUT2D eigenvalue weighted by Crippen LogP contribution is -2.42. The summed E-state index contributed by atoms with van der Waals surface area (Å²) in [4.78, 5) is 36.0. The number of aliphatic carboxylic acids is 1. The third kappa shape index (κ3) is 15.4.